The Morgan fingerprint density at radius 2 is 1.90 bits per heavy atom. The topological polar surface area (TPSA) is 75.7 Å². The summed E-state index contributed by atoms with van der Waals surface area (Å²) in [6, 6.07) is 11.9. The zero-order valence-corrected chi connectivity index (χ0v) is 18.9. The number of nitrogens with one attached hydrogen (secondary N) is 1. The Labute approximate surface area is 187 Å². The van der Waals surface area contributed by atoms with Crippen LogP contribution in [0.15, 0.2) is 42.5 Å². The highest BCUT2D eigenvalue weighted by Crippen LogP contribution is 2.26. The lowest BCUT2D eigenvalue weighted by atomic mass is 9.99. The summed E-state index contributed by atoms with van der Waals surface area (Å²) >= 11 is 11.9. The molecule has 2 aromatic rings. The SMILES string of the molecule is CCOc1ccc(NC(=O)[C@@H]2CCCN(S(=O)(=O)Cc3ccc(Cl)c(Cl)c3)C2)cc1. The van der Waals surface area contributed by atoms with Gasteiger partial charge in [0.05, 0.1) is 28.3 Å². The van der Waals surface area contributed by atoms with E-state index in [4.69, 9.17) is 27.9 Å². The van der Waals surface area contributed by atoms with Crippen LogP contribution in [0, 0.1) is 5.92 Å². The second-order valence-electron chi connectivity index (χ2n) is 7.15. The third kappa shape index (κ3) is 5.88. The van der Waals surface area contributed by atoms with Crippen molar-refractivity contribution < 1.29 is 17.9 Å². The lowest BCUT2D eigenvalue weighted by molar-refractivity contribution is -0.120. The summed E-state index contributed by atoms with van der Waals surface area (Å²) in [5.74, 6) is -0.0489. The van der Waals surface area contributed by atoms with Crippen LogP contribution in [0.25, 0.3) is 0 Å². The van der Waals surface area contributed by atoms with Crippen LogP contribution in [0.4, 0.5) is 5.69 Å². The summed E-state index contributed by atoms with van der Waals surface area (Å²) in [7, 11) is -3.58. The minimum atomic E-state index is -3.58. The number of carbonyl (C=O) groups excluding carboxylic acids is 1. The average molecular weight is 471 g/mol. The first-order valence-electron chi connectivity index (χ1n) is 9.74. The Morgan fingerprint density at radius 3 is 2.57 bits per heavy atom. The predicted octanol–water partition coefficient (Wildman–Crippen LogP) is 4.57. The Morgan fingerprint density at radius 1 is 1.17 bits per heavy atom. The molecule has 0 aromatic heterocycles. The van der Waals surface area contributed by atoms with E-state index in [2.05, 4.69) is 5.32 Å². The molecule has 1 aliphatic rings. The van der Waals surface area contributed by atoms with Gasteiger partial charge in [0.2, 0.25) is 15.9 Å². The first-order chi connectivity index (χ1) is 14.3. The number of rotatable bonds is 7. The quantitative estimate of drug-likeness (QED) is 0.642. The number of benzene rings is 2. The van der Waals surface area contributed by atoms with Crippen molar-refractivity contribution in [3.8, 4) is 5.75 Å². The number of piperidine rings is 1. The third-order valence-corrected chi connectivity index (χ3v) is 7.47. The number of anilines is 1. The lowest BCUT2D eigenvalue weighted by Gasteiger charge is -2.31. The number of nitrogens with zero attached hydrogens (tertiary/aromatic N) is 1. The molecule has 0 unspecified atom stereocenters. The molecule has 0 saturated carbocycles. The fourth-order valence-corrected chi connectivity index (χ4v) is 5.30. The summed E-state index contributed by atoms with van der Waals surface area (Å²) in [5.41, 5.74) is 1.21. The number of carbonyl (C=O) groups is 1. The fourth-order valence-electron chi connectivity index (χ4n) is 3.39. The van der Waals surface area contributed by atoms with Gasteiger partial charge < -0.3 is 10.1 Å². The van der Waals surface area contributed by atoms with Crippen molar-refractivity contribution in [3.63, 3.8) is 0 Å². The van der Waals surface area contributed by atoms with E-state index < -0.39 is 15.9 Å². The van der Waals surface area contributed by atoms with Gasteiger partial charge in [-0.1, -0.05) is 29.3 Å². The average Bonchev–Trinajstić information content (AvgIpc) is 2.72. The fraction of sp³-hybridized carbons (Fsp3) is 0.381. The number of hydrogen-bond donors (Lipinski definition) is 1. The van der Waals surface area contributed by atoms with E-state index in [1.165, 1.54) is 4.31 Å². The Kier molecular flexibility index (Phi) is 7.63. The van der Waals surface area contributed by atoms with Crippen LogP contribution in [-0.4, -0.2) is 38.3 Å². The van der Waals surface area contributed by atoms with Crippen LogP contribution >= 0.6 is 23.2 Å². The number of halogens is 2. The van der Waals surface area contributed by atoms with Gasteiger partial charge in [0.1, 0.15) is 5.75 Å². The highest BCUT2D eigenvalue weighted by Gasteiger charge is 2.32. The van der Waals surface area contributed by atoms with Crippen molar-refractivity contribution in [2.45, 2.75) is 25.5 Å². The van der Waals surface area contributed by atoms with E-state index in [1.807, 2.05) is 6.92 Å². The number of ether oxygens (including phenoxy) is 1. The van der Waals surface area contributed by atoms with Crippen molar-refractivity contribution in [1.29, 1.82) is 0 Å². The highest BCUT2D eigenvalue weighted by atomic mass is 35.5. The molecule has 0 spiro atoms. The number of amides is 1. The molecule has 30 heavy (non-hydrogen) atoms. The summed E-state index contributed by atoms with van der Waals surface area (Å²) in [6.07, 6.45) is 1.27. The van der Waals surface area contributed by atoms with Crippen LogP contribution in [0.1, 0.15) is 25.3 Å². The zero-order chi connectivity index (χ0) is 21.7. The number of sulfonamides is 1. The third-order valence-electron chi connectivity index (χ3n) is 4.91. The molecule has 162 valence electrons. The Bertz CT molecular complexity index is 997. The molecule has 0 aliphatic carbocycles. The van der Waals surface area contributed by atoms with Crippen LogP contribution in [0.2, 0.25) is 10.0 Å². The first-order valence-corrected chi connectivity index (χ1v) is 12.1. The van der Waals surface area contributed by atoms with Gasteiger partial charge in [-0.3, -0.25) is 4.79 Å². The smallest absolute Gasteiger partial charge is 0.228 e. The molecule has 0 radical (unpaired) electrons. The molecule has 1 amide bonds. The first kappa shape index (κ1) is 22.9. The van der Waals surface area contributed by atoms with Crippen molar-refractivity contribution in [3.05, 3.63) is 58.1 Å². The molecule has 1 heterocycles. The molecule has 2 aromatic carbocycles. The maximum atomic E-state index is 12.9. The van der Waals surface area contributed by atoms with Gasteiger partial charge in [-0.15, -0.1) is 0 Å². The molecule has 1 N–H and O–H groups in total. The van der Waals surface area contributed by atoms with Crippen LogP contribution in [0.5, 0.6) is 5.75 Å². The van der Waals surface area contributed by atoms with Gasteiger partial charge in [0, 0.05) is 18.8 Å². The largest absolute Gasteiger partial charge is 0.494 e. The second-order valence-corrected chi connectivity index (χ2v) is 9.93. The molecule has 1 fully saturated rings. The molecule has 6 nitrogen and oxygen atoms in total. The summed E-state index contributed by atoms with van der Waals surface area (Å²) in [4.78, 5) is 12.7. The van der Waals surface area contributed by atoms with Crippen LogP contribution in [0.3, 0.4) is 0 Å². The molecule has 9 heteroatoms. The van der Waals surface area contributed by atoms with Crippen molar-refractivity contribution in [1.82, 2.24) is 4.31 Å². The van der Waals surface area contributed by atoms with Gasteiger partial charge in [0.25, 0.3) is 0 Å². The zero-order valence-electron chi connectivity index (χ0n) is 16.6. The predicted molar refractivity (Wildman–Crippen MR) is 120 cm³/mol. The highest BCUT2D eigenvalue weighted by molar-refractivity contribution is 7.88. The van der Waals surface area contributed by atoms with Gasteiger partial charge in [0.15, 0.2) is 0 Å². The summed E-state index contributed by atoms with van der Waals surface area (Å²) in [5, 5.41) is 3.56. The van der Waals surface area contributed by atoms with Crippen molar-refractivity contribution >= 4 is 44.8 Å². The molecule has 1 aliphatic heterocycles. The van der Waals surface area contributed by atoms with Gasteiger partial charge in [-0.05, 0) is 61.7 Å². The van der Waals surface area contributed by atoms with E-state index in [1.54, 1.807) is 42.5 Å². The van der Waals surface area contributed by atoms with Crippen LogP contribution in [-0.2, 0) is 20.6 Å². The normalized spacial score (nSPS) is 17.5. The lowest BCUT2D eigenvalue weighted by Crippen LogP contribution is -2.44. The van der Waals surface area contributed by atoms with Gasteiger partial charge in [-0.2, -0.15) is 0 Å². The van der Waals surface area contributed by atoms with E-state index >= 15 is 0 Å². The Hall–Kier alpha value is -1.80. The molecular weight excluding hydrogens is 447 g/mol. The maximum Gasteiger partial charge on any atom is 0.228 e. The van der Waals surface area contributed by atoms with Gasteiger partial charge in [-0.25, -0.2) is 12.7 Å². The minimum absolute atomic E-state index is 0.159. The molecular formula is C21H24Cl2N2O4S. The number of hydrogen-bond acceptors (Lipinski definition) is 4. The standard InChI is InChI=1S/C21H24Cl2N2O4S/c1-2-29-18-8-6-17(7-9-18)24-21(26)16-4-3-11-25(13-16)30(27,28)14-15-5-10-19(22)20(23)12-15/h5-10,12,16H,2-4,11,13-14H2,1H3,(H,24,26)/t16-/m1/s1. The van der Waals surface area contributed by atoms with E-state index in [0.29, 0.717) is 47.3 Å². The minimum Gasteiger partial charge on any atom is -0.494 e. The Balaban J connectivity index is 1.63. The molecule has 1 atom stereocenters. The van der Waals surface area contributed by atoms with Gasteiger partial charge >= 0.3 is 0 Å². The van der Waals surface area contributed by atoms with Crippen molar-refractivity contribution in [2.24, 2.45) is 5.92 Å². The summed E-state index contributed by atoms with van der Waals surface area (Å²) < 4.78 is 32.5. The summed E-state index contributed by atoms with van der Waals surface area (Å²) in [6.45, 7) is 3.03. The molecule has 3 rings (SSSR count). The monoisotopic (exact) mass is 470 g/mol. The molecule has 1 saturated heterocycles. The van der Waals surface area contributed by atoms with Crippen molar-refractivity contribution in [2.75, 3.05) is 25.0 Å². The van der Waals surface area contributed by atoms with E-state index in [9.17, 15) is 13.2 Å². The van der Waals surface area contributed by atoms with E-state index in [0.717, 1.165) is 5.75 Å². The van der Waals surface area contributed by atoms with E-state index in [-0.39, 0.29) is 18.2 Å². The van der Waals surface area contributed by atoms with Crippen LogP contribution < -0.4 is 10.1 Å². The molecule has 0 bridgehead atoms. The second kappa shape index (κ2) is 10.0. The maximum absolute atomic E-state index is 12.9.